The molecule has 0 bridgehead atoms. The maximum Gasteiger partial charge on any atom is 0.243 e. The van der Waals surface area contributed by atoms with Crippen molar-refractivity contribution in [2.24, 2.45) is 0 Å². The fourth-order valence-corrected chi connectivity index (χ4v) is 4.95. The van der Waals surface area contributed by atoms with Crippen LogP contribution in [0.15, 0.2) is 29.2 Å². The molecule has 0 amide bonds. The molecule has 1 aliphatic rings. The Bertz CT molecular complexity index is 560. The first-order chi connectivity index (χ1) is 9.36. The summed E-state index contributed by atoms with van der Waals surface area (Å²) >= 11 is 1.68. The van der Waals surface area contributed by atoms with Gasteiger partial charge in [-0.15, -0.1) is 0 Å². The lowest BCUT2D eigenvalue weighted by Crippen LogP contribution is -2.37. The highest BCUT2D eigenvalue weighted by atomic mass is 32.2. The highest BCUT2D eigenvalue weighted by Gasteiger charge is 2.39. The highest BCUT2D eigenvalue weighted by Crippen LogP contribution is 2.28. The predicted octanol–water partition coefficient (Wildman–Crippen LogP) is 1.49. The molecule has 0 aromatic heterocycles. The minimum absolute atomic E-state index is 0.151. The van der Waals surface area contributed by atoms with Gasteiger partial charge in [0.05, 0.1) is 4.90 Å². The predicted molar refractivity (Wildman–Crippen MR) is 79.9 cm³/mol. The van der Waals surface area contributed by atoms with Crippen molar-refractivity contribution in [3.8, 4) is 0 Å². The van der Waals surface area contributed by atoms with Crippen LogP contribution in [-0.4, -0.2) is 62.4 Å². The number of benzene rings is 1. The number of nitrogens with zero attached hydrogens (tertiary/aromatic N) is 2. The van der Waals surface area contributed by atoms with E-state index in [1.54, 1.807) is 11.8 Å². The Labute approximate surface area is 124 Å². The Balaban J connectivity index is 2.25. The summed E-state index contributed by atoms with van der Waals surface area (Å²) < 4.78 is 39.5. The van der Waals surface area contributed by atoms with E-state index >= 15 is 0 Å². The third kappa shape index (κ3) is 3.00. The highest BCUT2D eigenvalue weighted by molar-refractivity contribution is 7.99. The molecule has 1 fully saturated rings. The minimum atomic E-state index is -3.54. The molecule has 1 aliphatic heterocycles. The number of rotatable bonds is 4. The second-order valence-electron chi connectivity index (χ2n) is 5.08. The van der Waals surface area contributed by atoms with Crippen LogP contribution < -0.4 is 0 Å². The molecule has 0 radical (unpaired) electrons. The molecule has 1 aromatic rings. The van der Waals surface area contributed by atoms with Crippen molar-refractivity contribution in [3.63, 3.8) is 0 Å². The number of hydrogen-bond donors (Lipinski definition) is 0. The van der Waals surface area contributed by atoms with Crippen molar-refractivity contribution in [1.29, 1.82) is 0 Å². The second kappa shape index (κ2) is 6.01. The van der Waals surface area contributed by atoms with Crippen LogP contribution in [0, 0.1) is 5.82 Å². The summed E-state index contributed by atoms with van der Waals surface area (Å²) in [4.78, 5) is 2.21. The minimum Gasteiger partial charge on any atom is -0.304 e. The normalized spacial score (nSPS) is 24.4. The van der Waals surface area contributed by atoms with Crippen LogP contribution in [0.3, 0.4) is 0 Å². The van der Waals surface area contributed by atoms with Crippen LogP contribution >= 0.6 is 11.8 Å². The average molecular weight is 318 g/mol. The Morgan fingerprint density at radius 2 is 1.85 bits per heavy atom. The number of hydrogen-bond acceptors (Lipinski definition) is 4. The van der Waals surface area contributed by atoms with Crippen LogP contribution in [0.25, 0.3) is 0 Å². The Morgan fingerprint density at radius 1 is 1.25 bits per heavy atom. The topological polar surface area (TPSA) is 40.6 Å². The summed E-state index contributed by atoms with van der Waals surface area (Å²) in [7, 11) is 0.382. The molecular weight excluding hydrogens is 299 g/mol. The quantitative estimate of drug-likeness (QED) is 0.843. The van der Waals surface area contributed by atoms with E-state index in [9.17, 15) is 12.8 Å². The second-order valence-corrected chi connectivity index (χ2v) is 8.10. The molecule has 0 unspecified atom stereocenters. The van der Waals surface area contributed by atoms with Gasteiger partial charge >= 0.3 is 0 Å². The zero-order chi connectivity index (χ0) is 14.9. The molecule has 0 aliphatic carbocycles. The SMILES string of the molecule is CS[C@H]1CN(S(=O)(=O)c2ccc(F)cc2)C[C@H]1N(C)C. The van der Waals surface area contributed by atoms with E-state index in [-0.39, 0.29) is 16.2 Å². The molecule has 7 heteroatoms. The van der Waals surface area contributed by atoms with E-state index < -0.39 is 15.8 Å². The molecule has 0 saturated carbocycles. The van der Waals surface area contributed by atoms with Gasteiger partial charge in [0, 0.05) is 24.4 Å². The molecule has 1 aromatic carbocycles. The fourth-order valence-electron chi connectivity index (χ4n) is 2.40. The molecule has 4 nitrogen and oxygen atoms in total. The Kier molecular flexibility index (Phi) is 4.73. The standard InChI is InChI=1S/C13H19FN2O2S2/c1-15(2)12-8-16(9-13(12)19-3)20(17,18)11-6-4-10(14)5-7-11/h4-7,12-13H,8-9H2,1-3H3/t12-,13+/m1/s1. The van der Waals surface area contributed by atoms with Crippen molar-refractivity contribution in [3.05, 3.63) is 30.1 Å². The smallest absolute Gasteiger partial charge is 0.243 e. The molecule has 1 saturated heterocycles. The first-order valence-corrected chi connectivity index (χ1v) is 9.04. The van der Waals surface area contributed by atoms with Gasteiger partial charge in [-0.25, -0.2) is 12.8 Å². The molecule has 0 N–H and O–H groups in total. The van der Waals surface area contributed by atoms with Gasteiger partial charge in [0.2, 0.25) is 10.0 Å². The van der Waals surface area contributed by atoms with Crippen molar-refractivity contribution >= 4 is 21.8 Å². The first kappa shape index (κ1) is 15.8. The summed E-state index contributed by atoms with van der Waals surface area (Å²) in [6.45, 7) is 0.960. The zero-order valence-corrected chi connectivity index (χ0v) is 13.4. The van der Waals surface area contributed by atoms with E-state index in [0.29, 0.717) is 13.1 Å². The molecule has 2 rings (SSSR count). The maximum atomic E-state index is 12.9. The summed E-state index contributed by atoms with van der Waals surface area (Å²) in [5.74, 6) is -0.432. The molecule has 20 heavy (non-hydrogen) atoms. The largest absolute Gasteiger partial charge is 0.304 e. The molecule has 2 atom stereocenters. The van der Waals surface area contributed by atoms with Crippen molar-refractivity contribution < 1.29 is 12.8 Å². The first-order valence-electron chi connectivity index (χ1n) is 6.31. The van der Waals surface area contributed by atoms with Gasteiger partial charge in [-0.3, -0.25) is 0 Å². The molecular formula is C13H19FN2O2S2. The monoisotopic (exact) mass is 318 g/mol. The molecule has 112 valence electrons. The van der Waals surface area contributed by atoms with E-state index in [0.717, 1.165) is 0 Å². The number of sulfonamides is 1. The lowest BCUT2D eigenvalue weighted by molar-refractivity contribution is 0.306. The van der Waals surface area contributed by atoms with E-state index in [4.69, 9.17) is 0 Å². The molecule has 1 heterocycles. The van der Waals surface area contributed by atoms with E-state index in [2.05, 4.69) is 4.90 Å². The van der Waals surface area contributed by atoms with Gasteiger partial charge in [-0.1, -0.05) is 0 Å². The summed E-state index contributed by atoms with van der Waals surface area (Å²) in [5.41, 5.74) is 0. The van der Waals surface area contributed by atoms with Crippen LogP contribution in [0.1, 0.15) is 0 Å². The van der Waals surface area contributed by atoms with Crippen molar-refractivity contribution in [2.75, 3.05) is 33.4 Å². The average Bonchev–Trinajstić information content (AvgIpc) is 2.84. The van der Waals surface area contributed by atoms with Crippen LogP contribution in [0.5, 0.6) is 0 Å². The fraction of sp³-hybridized carbons (Fsp3) is 0.538. The number of halogens is 1. The van der Waals surface area contributed by atoms with Gasteiger partial charge in [0.15, 0.2) is 0 Å². The summed E-state index contributed by atoms with van der Waals surface area (Å²) in [6.07, 6.45) is 2.00. The van der Waals surface area contributed by atoms with Crippen molar-refractivity contribution in [1.82, 2.24) is 9.21 Å². The lowest BCUT2D eigenvalue weighted by Gasteiger charge is -2.23. The van der Waals surface area contributed by atoms with Crippen LogP contribution in [-0.2, 0) is 10.0 Å². The van der Waals surface area contributed by atoms with Gasteiger partial charge in [0.25, 0.3) is 0 Å². The Morgan fingerprint density at radius 3 is 2.30 bits per heavy atom. The van der Waals surface area contributed by atoms with Gasteiger partial charge < -0.3 is 4.90 Å². The maximum absolute atomic E-state index is 12.9. The number of thioether (sulfide) groups is 1. The third-order valence-corrected chi connectivity index (χ3v) is 6.54. The van der Waals surface area contributed by atoms with Gasteiger partial charge in [-0.05, 0) is 44.6 Å². The van der Waals surface area contributed by atoms with Crippen LogP contribution in [0.2, 0.25) is 0 Å². The Hall–Kier alpha value is -0.630. The van der Waals surface area contributed by atoms with Crippen molar-refractivity contribution in [2.45, 2.75) is 16.2 Å². The van der Waals surface area contributed by atoms with Crippen LogP contribution in [0.4, 0.5) is 4.39 Å². The van der Waals surface area contributed by atoms with E-state index in [1.165, 1.54) is 28.6 Å². The number of likely N-dealkylation sites (N-methyl/N-ethyl adjacent to an activating group) is 1. The zero-order valence-electron chi connectivity index (χ0n) is 11.8. The van der Waals surface area contributed by atoms with Gasteiger partial charge in [0.1, 0.15) is 5.82 Å². The summed E-state index contributed by atoms with van der Waals surface area (Å²) in [6, 6.07) is 5.20. The lowest BCUT2D eigenvalue weighted by atomic mass is 10.2. The summed E-state index contributed by atoms with van der Waals surface area (Å²) in [5, 5.41) is 0.250. The van der Waals surface area contributed by atoms with Gasteiger partial charge in [-0.2, -0.15) is 16.1 Å². The third-order valence-electron chi connectivity index (χ3n) is 3.62. The molecule has 0 spiro atoms. The van der Waals surface area contributed by atoms with E-state index in [1.807, 2.05) is 20.4 Å².